The Balaban J connectivity index is 1.48. The van der Waals surface area contributed by atoms with Crippen LogP contribution in [0, 0.1) is 6.92 Å². The first-order valence-corrected chi connectivity index (χ1v) is 9.65. The van der Waals surface area contributed by atoms with Crippen molar-refractivity contribution in [3.8, 4) is 11.5 Å². The summed E-state index contributed by atoms with van der Waals surface area (Å²) in [5.74, 6) is 2.59. The molecule has 1 aromatic heterocycles. The molecule has 3 aromatic rings. The van der Waals surface area contributed by atoms with Crippen LogP contribution in [-0.4, -0.2) is 34.0 Å². The Bertz CT molecular complexity index is 984. The van der Waals surface area contributed by atoms with E-state index in [0.29, 0.717) is 18.3 Å². The van der Waals surface area contributed by atoms with Gasteiger partial charge in [0.25, 0.3) is 0 Å². The minimum Gasteiger partial charge on any atom is -0.457 e. The molecule has 0 aliphatic carbocycles. The Kier molecular flexibility index (Phi) is 4.11. The van der Waals surface area contributed by atoms with E-state index in [1.807, 2.05) is 60.4 Å². The van der Waals surface area contributed by atoms with E-state index in [-0.39, 0.29) is 17.7 Å². The minimum atomic E-state index is -0.357. The van der Waals surface area contributed by atoms with Crippen molar-refractivity contribution in [3.05, 3.63) is 71.4 Å². The van der Waals surface area contributed by atoms with Crippen LogP contribution in [0.25, 0.3) is 0 Å². The summed E-state index contributed by atoms with van der Waals surface area (Å²) in [7, 11) is 0. The van der Waals surface area contributed by atoms with Gasteiger partial charge in [-0.2, -0.15) is 4.98 Å². The fraction of sp³-hybridized carbons (Fsp3) is 0.318. The second-order valence-electron chi connectivity index (χ2n) is 7.41. The molecule has 2 aliphatic rings. The first-order chi connectivity index (χ1) is 13.7. The molecule has 3 heterocycles. The van der Waals surface area contributed by atoms with E-state index in [0.717, 1.165) is 42.0 Å². The number of hydrogen-bond acceptors (Lipinski definition) is 5. The van der Waals surface area contributed by atoms with Crippen LogP contribution < -0.4 is 4.74 Å². The van der Waals surface area contributed by atoms with Crippen LogP contribution in [0.15, 0.2) is 53.1 Å². The van der Waals surface area contributed by atoms with E-state index in [9.17, 15) is 4.79 Å². The van der Waals surface area contributed by atoms with Crippen LogP contribution in [0.5, 0.6) is 11.5 Å². The molecule has 1 fully saturated rings. The number of fused-ring (bicyclic) bond motifs is 2. The van der Waals surface area contributed by atoms with E-state index in [2.05, 4.69) is 10.1 Å². The minimum absolute atomic E-state index is 0.0872. The van der Waals surface area contributed by atoms with Crippen LogP contribution in [-0.2, 0) is 4.79 Å². The Labute approximate surface area is 163 Å². The molecule has 2 aliphatic heterocycles. The zero-order valence-corrected chi connectivity index (χ0v) is 15.7. The molecule has 28 heavy (non-hydrogen) atoms. The molecule has 6 heteroatoms. The van der Waals surface area contributed by atoms with Gasteiger partial charge < -0.3 is 14.2 Å². The molecule has 0 bridgehead atoms. The number of piperidine rings is 1. The molecule has 0 saturated carbocycles. The number of aryl methyl sites for hydroxylation is 1. The van der Waals surface area contributed by atoms with Gasteiger partial charge in [-0.15, -0.1) is 0 Å². The quantitative estimate of drug-likeness (QED) is 0.677. The topological polar surface area (TPSA) is 68.5 Å². The van der Waals surface area contributed by atoms with E-state index in [1.165, 1.54) is 0 Å². The van der Waals surface area contributed by atoms with Crippen LogP contribution in [0.2, 0.25) is 0 Å². The number of hydrogen-bond donors (Lipinski definition) is 0. The molecule has 0 N–H and O–H groups in total. The number of aromatic nitrogens is 2. The maximum Gasteiger partial charge on any atom is 0.234 e. The summed E-state index contributed by atoms with van der Waals surface area (Å²) in [4.78, 5) is 20.0. The summed E-state index contributed by atoms with van der Waals surface area (Å²) in [5.41, 5.74) is 1.84. The molecule has 1 saturated heterocycles. The van der Waals surface area contributed by atoms with Gasteiger partial charge in [0, 0.05) is 24.2 Å². The SMILES string of the molecule is Cc1noc([C@H]2CCCN(C(=O)C3c4ccccc4Oc4ccccc43)C2)n1. The van der Waals surface area contributed by atoms with Gasteiger partial charge in [0.15, 0.2) is 5.82 Å². The van der Waals surface area contributed by atoms with Gasteiger partial charge in [0.05, 0.1) is 11.8 Å². The predicted molar refractivity (Wildman–Crippen MR) is 102 cm³/mol. The average Bonchev–Trinajstić information content (AvgIpc) is 3.18. The van der Waals surface area contributed by atoms with Crippen molar-refractivity contribution in [1.29, 1.82) is 0 Å². The Hall–Kier alpha value is -3.15. The maximum absolute atomic E-state index is 13.7. The second kappa shape index (κ2) is 6.78. The lowest BCUT2D eigenvalue weighted by Crippen LogP contribution is -2.42. The number of carbonyl (C=O) groups excluding carboxylic acids is 1. The van der Waals surface area contributed by atoms with E-state index in [4.69, 9.17) is 9.26 Å². The van der Waals surface area contributed by atoms with E-state index < -0.39 is 0 Å². The zero-order chi connectivity index (χ0) is 19.1. The highest BCUT2D eigenvalue weighted by Gasteiger charge is 2.37. The normalized spacial score (nSPS) is 18.9. The highest BCUT2D eigenvalue weighted by Crippen LogP contribution is 2.45. The number of amides is 1. The van der Waals surface area contributed by atoms with Crippen molar-refractivity contribution in [1.82, 2.24) is 15.0 Å². The summed E-state index contributed by atoms with van der Waals surface area (Å²) in [6.45, 7) is 3.15. The molecule has 0 radical (unpaired) electrons. The molecule has 142 valence electrons. The van der Waals surface area contributed by atoms with Crippen LogP contribution in [0.4, 0.5) is 0 Å². The molecule has 1 atom stereocenters. The largest absolute Gasteiger partial charge is 0.457 e. The Morgan fingerprint density at radius 1 is 1.07 bits per heavy atom. The standard InChI is InChI=1S/C22H21N3O3/c1-14-23-21(28-24-14)15-7-6-12-25(13-15)22(26)20-16-8-2-4-10-18(16)27-19-11-5-3-9-17(19)20/h2-5,8-11,15,20H,6-7,12-13H2,1H3/t15-/m0/s1. The number of rotatable bonds is 2. The monoisotopic (exact) mass is 375 g/mol. The van der Waals surface area contributed by atoms with Crippen molar-refractivity contribution >= 4 is 5.91 Å². The van der Waals surface area contributed by atoms with Gasteiger partial charge in [-0.1, -0.05) is 41.6 Å². The molecule has 5 rings (SSSR count). The van der Waals surface area contributed by atoms with Crippen LogP contribution in [0.3, 0.4) is 0 Å². The molecular formula is C22H21N3O3. The number of benzene rings is 2. The summed E-state index contributed by atoms with van der Waals surface area (Å²) < 4.78 is 11.4. The molecular weight excluding hydrogens is 354 g/mol. The summed E-state index contributed by atoms with van der Waals surface area (Å²) in [6.07, 6.45) is 1.87. The van der Waals surface area contributed by atoms with Crippen LogP contribution >= 0.6 is 0 Å². The van der Waals surface area contributed by atoms with Gasteiger partial charge in [0.2, 0.25) is 11.8 Å². The lowest BCUT2D eigenvalue weighted by molar-refractivity contribution is -0.133. The van der Waals surface area contributed by atoms with E-state index in [1.54, 1.807) is 0 Å². The number of nitrogens with zero attached hydrogens (tertiary/aromatic N) is 3. The zero-order valence-electron chi connectivity index (χ0n) is 15.7. The van der Waals surface area contributed by atoms with E-state index >= 15 is 0 Å². The summed E-state index contributed by atoms with van der Waals surface area (Å²) >= 11 is 0. The van der Waals surface area contributed by atoms with Crippen molar-refractivity contribution in [2.24, 2.45) is 0 Å². The lowest BCUT2D eigenvalue weighted by atomic mass is 9.86. The van der Waals surface area contributed by atoms with Gasteiger partial charge in [-0.05, 0) is 31.9 Å². The van der Waals surface area contributed by atoms with Crippen molar-refractivity contribution < 1.29 is 14.1 Å². The first-order valence-electron chi connectivity index (χ1n) is 9.65. The molecule has 2 aromatic carbocycles. The van der Waals surface area contributed by atoms with Gasteiger partial charge in [0.1, 0.15) is 11.5 Å². The third kappa shape index (κ3) is 2.85. The highest BCUT2D eigenvalue weighted by molar-refractivity contribution is 5.89. The third-order valence-corrected chi connectivity index (χ3v) is 5.55. The Morgan fingerprint density at radius 3 is 2.39 bits per heavy atom. The van der Waals surface area contributed by atoms with Gasteiger partial charge >= 0.3 is 0 Å². The summed E-state index contributed by atoms with van der Waals surface area (Å²) in [6, 6.07) is 15.6. The molecule has 0 unspecified atom stereocenters. The molecule has 0 spiro atoms. The van der Waals surface area contributed by atoms with Gasteiger partial charge in [-0.3, -0.25) is 4.79 Å². The predicted octanol–water partition coefficient (Wildman–Crippen LogP) is 4.02. The molecule has 6 nitrogen and oxygen atoms in total. The highest BCUT2D eigenvalue weighted by atomic mass is 16.5. The fourth-order valence-electron chi connectivity index (χ4n) is 4.22. The van der Waals surface area contributed by atoms with Gasteiger partial charge in [-0.25, -0.2) is 0 Å². The van der Waals surface area contributed by atoms with Crippen molar-refractivity contribution in [2.45, 2.75) is 31.6 Å². The van der Waals surface area contributed by atoms with Crippen LogP contribution in [0.1, 0.15) is 47.5 Å². The lowest BCUT2D eigenvalue weighted by Gasteiger charge is -2.36. The van der Waals surface area contributed by atoms with Crippen molar-refractivity contribution in [3.63, 3.8) is 0 Å². The number of ether oxygens (including phenoxy) is 1. The molecule has 1 amide bonds. The number of carbonyl (C=O) groups is 1. The first kappa shape index (κ1) is 17.0. The second-order valence-corrected chi connectivity index (χ2v) is 7.41. The summed E-state index contributed by atoms with van der Waals surface area (Å²) in [5, 5.41) is 3.90. The number of para-hydroxylation sites is 2. The maximum atomic E-state index is 13.7. The Morgan fingerprint density at radius 2 is 1.75 bits per heavy atom. The fourth-order valence-corrected chi connectivity index (χ4v) is 4.22. The number of likely N-dealkylation sites (tertiary alicyclic amines) is 1. The third-order valence-electron chi connectivity index (χ3n) is 5.55. The average molecular weight is 375 g/mol. The smallest absolute Gasteiger partial charge is 0.234 e. The van der Waals surface area contributed by atoms with Crippen molar-refractivity contribution in [2.75, 3.05) is 13.1 Å².